The first kappa shape index (κ1) is 26.0. The van der Waals surface area contributed by atoms with Gasteiger partial charge in [0.1, 0.15) is 5.75 Å². The zero-order valence-corrected chi connectivity index (χ0v) is 21.1. The highest BCUT2D eigenvalue weighted by Crippen LogP contribution is 2.23. The molecule has 0 spiro atoms. The summed E-state index contributed by atoms with van der Waals surface area (Å²) in [5, 5.41) is 6.10. The number of methoxy groups -OCH3 is 1. The van der Waals surface area contributed by atoms with Crippen molar-refractivity contribution in [2.75, 3.05) is 25.5 Å². The number of anilines is 1. The third kappa shape index (κ3) is 6.19. The molecule has 9 nitrogen and oxygen atoms in total. The average molecular weight is 522 g/mol. The van der Waals surface area contributed by atoms with Crippen LogP contribution in [0.5, 0.6) is 5.75 Å². The molecule has 1 aliphatic rings. The van der Waals surface area contributed by atoms with Crippen molar-refractivity contribution in [2.24, 2.45) is 5.73 Å². The van der Waals surface area contributed by atoms with Gasteiger partial charge in [-0.15, -0.1) is 0 Å². The van der Waals surface area contributed by atoms with Crippen LogP contribution in [0, 0.1) is 0 Å². The topological polar surface area (TPSA) is 117 Å². The predicted octanol–water partition coefficient (Wildman–Crippen LogP) is 3.44. The van der Waals surface area contributed by atoms with E-state index in [1.807, 2.05) is 24.3 Å². The van der Waals surface area contributed by atoms with E-state index in [9.17, 15) is 14.4 Å². The molecule has 0 saturated carbocycles. The van der Waals surface area contributed by atoms with Gasteiger partial charge in [0.15, 0.2) is 6.17 Å². The molecule has 4 rings (SSSR count). The third-order valence-corrected chi connectivity index (χ3v) is 6.25. The minimum atomic E-state index is -1.16. The maximum Gasteiger partial charge on any atom is 0.323 e. The van der Waals surface area contributed by atoms with Gasteiger partial charge in [-0.2, -0.15) is 0 Å². The summed E-state index contributed by atoms with van der Waals surface area (Å²) in [6, 6.07) is 20.4. The molecule has 3 aromatic carbocycles. The minimum absolute atomic E-state index is 0.169. The maximum absolute atomic E-state index is 13.5. The molecule has 0 aromatic heterocycles. The molecule has 10 heteroatoms. The minimum Gasteiger partial charge on any atom is -0.497 e. The Morgan fingerprint density at radius 2 is 1.70 bits per heavy atom. The van der Waals surface area contributed by atoms with Crippen molar-refractivity contribution in [1.29, 1.82) is 0 Å². The number of nitrogens with zero attached hydrogens (tertiary/aromatic N) is 2. The molecule has 37 heavy (non-hydrogen) atoms. The number of benzene rings is 3. The lowest BCUT2D eigenvalue weighted by atomic mass is 10.1. The van der Waals surface area contributed by atoms with Crippen molar-refractivity contribution < 1.29 is 19.1 Å². The lowest BCUT2D eigenvalue weighted by molar-refractivity contribution is -0.128. The standard InChI is InChI=1S/C27H28ClN5O4/c1-37-23-10-3-7-20(14-23)26(35)32-11-12-33(27(36)31-22-9-4-8-21(28)15-22)25(32)24(34)30-17-19-6-2-5-18(13-19)16-29/h2-10,13-15,25H,11-12,16-17,29H2,1H3,(H,30,34)(H,31,36). The van der Waals surface area contributed by atoms with Gasteiger partial charge in [-0.05, 0) is 47.5 Å². The lowest BCUT2D eigenvalue weighted by Crippen LogP contribution is -2.54. The van der Waals surface area contributed by atoms with Crippen molar-refractivity contribution in [1.82, 2.24) is 15.1 Å². The third-order valence-electron chi connectivity index (χ3n) is 6.01. The number of nitrogens with two attached hydrogens (primary N) is 1. The number of carbonyl (C=O) groups is 3. The van der Waals surface area contributed by atoms with E-state index in [4.69, 9.17) is 22.1 Å². The molecule has 1 unspecified atom stereocenters. The van der Waals surface area contributed by atoms with Crippen LogP contribution in [0.15, 0.2) is 72.8 Å². The first-order valence-corrected chi connectivity index (χ1v) is 12.1. The molecule has 0 aliphatic carbocycles. The SMILES string of the molecule is COc1cccc(C(=O)N2CCN(C(=O)Nc3cccc(Cl)c3)C2C(=O)NCc2cccc(CN)c2)c1. The van der Waals surface area contributed by atoms with Gasteiger partial charge < -0.3 is 26.0 Å². The van der Waals surface area contributed by atoms with Gasteiger partial charge in [-0.3, -0.25) is 14.5 Å². The smallest absolute Gasteiger partial charge is 0.323 e. The normalized spacial score (nSPS) is 14.8. The van der Waals surface area contributed by atoms with Gasteiger partial charge >= 0.3 is 6.03 Å². The van der Waals surface area contributed by atoms with Crippen LogP contribution in [0.25, 0.3) is 0 Å². The van der Waals surface area contributed by atoms with Crippen molar-refractivity contribution in [3.05, 3.63) is 94.5 Å². The van der Waals surface area contributed by atoms with E-state index >= 15 is 0 Å². The first-order chi connectivity index (χ1) is 17.9. The highest BCUT2D eigenvalue weighted by atomic mass is 35.5. The lowest BCUT2D eigenvalue weighted by Gasteiger charge is -2.29. The van der Waals surface area contributed by atoms with Crippen LogP contribution >= 0.6 is 11.6 Å². The zero-order valence-electron chi connectivity index (χ0n) is 20.3. The quantitative estimate of drug-likeness (QED) is 0.440. The van der Waals surface area contributed by atoms with Crippen LogP contribution in [0.3, 0.4) is 0 Å². The maximum atomic E-state index is 13.5. The first-order valence-electron chi connectivity index (χ1n) is 11.7. The van der Waals surface area contributed by atoms with Gasteiger partial charge in [0, 0.05) is 42.5 Å². The summed E-state index contributed by atoms with van der Waals surface area (Å²) in [6.07, 6.45) is -1.16. The summed E-state index contributed by atoms with van der Waals surface area (Å²) >= 11 is 6.05. The Bertz CT molecular complexity index is 1300. The molecule has 1 fully saturated rings. The number of nitrogens with one attached hydrogen (secondary N) is 2. The van der Waals surface area contributed by atoms with E-state index in [-0.39, 0.29) is 25.5 Å². The second-order valence-electron chi connectivity index (χ2n) is 8.48. The van der Waals surface area contributed by atoms with E-state index in [0.717, 1.165) is 11.1 Å². The molecule has 1 aliphatic heterocycles. The number of hydrogen-bond acceptors (Lipinski definition) is 5. The molecule has 1 heterocycles. The Hall–Kier alpha value is -4.08. The Labute approximate surface area is 220 Å². The summed E-state index contributed by atoms with van der Waals surface area (Å²) in [5.41, 5.74) is 8.35. The van der Waals surface area contributed by atoms with E-state index in [1.165, 1.54) is 16.9 Å². The second kappa shape index (κ2) is 11.8. The van der Waals surface area contributed by atoms with Crippen LogP contribution in [-0.2, 0) is 17.9 Å². The number of halogens is 1. The Kier molecular flexibility index (Phi) is 8.27. The number of rotatable bonds is 7. The van der Waals surface area contributed by atoms with Crippen molar-refractivity contribution in [3.63, 3.8) is 0 Å². The number of amides is 4. The predicted molar refractivity (Wildman–Crippen MR) is 141 cm³/mol. The molecule has 192 valence electrons. The number of ether oxygens (including phenoxy) is 1. The summed E-state index contributed by atoms with van der Waals surface area (Å²) in [4.78, 5) is 42.9. The molecule has 3 aromatic rings. The fraction of sp³-hybridized carbons (Fsp3) is 0.222. The molecule has 1 atom stereocenters. The van der Waals surface area contributed by atoms with Crippen LogP contribution in [0.1, 0.15) is 21.5 Å². The highest BCUT2D eigenvalue weighted by molar-refractivity contribution is 6.30. The van der Waals surface area contributed by atoms with Crippen molar-refractivity contribution >= 4 is 35.1 Å². The number of urea groups is 1. The van der Waals surface area contributed by atoms with E-state index in [0.29, 0.717) is 28.6 Å². The second-order valence-corrected chi connectivity index (χ2v) is 8.92. The largest absolute Gasteiger partial charge is 0.497 e. The summed E-state index contributed by atoms with van der Waals surface area (Å²) < 4.78 is 5.24. The van der Waals surface area contributed by atoms with E-state index < -0.39 is 18.1 Å². The van der Waals surface area contributed by atoms with Gasteiger partial charge in [0.25, 0.3) is 11.8 Å². The molecule has 0 radical (unpaired) electrons. The Balaban J connectivity index is 1.57. The molecule has 1 saturated heterocycles. The number of hydrogen-bond donors (Lipinski definition) is 3. The Morgan fingerprint density at radius 1 is 0.973 bits per heavy atom. The van der Waals surface area contributed by atoms with Crippen LogP contribution in [0.2, 0.25) is 5.02 Å². The summed E-state index contributed by atoms with van der Waals surface area (Å²) in [7, 11) is 1.51. The van der Waals surface area contributed by atoms with Gasteiger partial charge in [0.2, 0.25) is 0 Å². The monoisotopic (exact) mass is 521 g/mol. The van der Waals surface area contributed by atoms with E-state index in [2.05, 4.69) is 10.6 Å². The Morgan fingerprint density at radius 3 is 2.46 bits per heavy atom. The van der Waals surface area contributed by atoms with Gasteiger partial charge in [0.05, 0.1) is 7.11 Å². The van der Waals surface area contributed by atoms with Crippen LogP contribution in [0.4, 0.5) is 10.5 Å². The van der Waals surface area contributed by atoms with Gasteiger partial charge in [-0.25, -0.2) is 4.79 Å². The fourth-order valence-corrected chi connectivity index (χ4v) is 4.36. The van der Waals surface area contributed by atoms with Gasteiger partial charge in [-0.1, -0.05) is 48.0 Å². The van der Waals surface area contributed by atoms with Crippen molar-refractivity contribution in [3.8, 4) is 5.75 Å². The molecular weight excluding hydrogens is 494 g/mol. The fourth-order valence-electron chi connectivity index (χ4n) is 4.17. The highest BCUT2D eigenvalue weighted by Gasteiger charge is 2.43. The van der Waals surface area contributed by atoms with Crippen LogP contribution in [-0.4, -0.2) is 54.0 Å². The number of carbonyl (C=O) groups excluding carboxylic acids is 3. The molecule has 0 bridgehead atoms. The van der Waals surface area contributed by atoms with Crippen molar-refractivity contribution in [2.45, 2.75) is 19.3 Å². The zero-order chi connectivity index (χ0) is 26.4. The average Bonchev–Trinajstić information content (AvgIpc) is 3.37. The molecular formula is C27H28ClN5O4. The summed E-state index contributed by atoms with van der Waals surface area (Å²) in [6.45, 7) is 0.946. The summed E-state index contributed by atoms with van der Waals surface area (Å²) in [5.74, 6) is -0.350. The molecule has 4 N–H and O–H groups in total. The van der Waals surface area contributed by atoms with E-state index in [1.54, 1.807) is 48.5 Å². The van der Waals surface area contributed by atoms with Crippen LogP contribution < -0.4 is 21.1 Å². The molecule has 4 amide bonds.